The van der Waals surface area contributed by atoms with E-state index in [1.54, 1.807) is 18.2 Å². The van der Waals surface area contributed by atoms with Gasteiger partial charge in [0.25, 0.3) is 0 Å². The summed E-state index contributed by atoms with van der Waals surface area (Å²) >= 11 is 12.1. The second kappa shape index (κ2) is 3.95. The summed E-state index contributed by atoms with van der Waals surface area (Å²) in [6.45, 7) is 0. The van der Waals surface area contributed by atoms with Crippen LogP contribution in [-0.2, 0) is 6.42 Å². The van der Waals surface area contributed by atoms with E-state index in [-0.39, 0.29) is 6.04 Å². The van der Waals surface area contributed by atoms with Crippen molar-refractivity contribution in [1.82, 2.24) is 0 Å². The van der Waals surface area contributed by atoms with Crippen LogP contribution in [0.25, 0.3) is 0 Å². The molecule has 1 aromatic rings. The van der Waals surface area contributed by atoms with Crippen molar-refractivity contribution < 1.29 is 5.11 Å². The number of rotatable bonds is 2. The maximum absolute atomic E-state index is 10.1. The van der Waals surface area contributed by atoms with Crippen LogP contribution in [0.4, 0.5) is 0 Å². The second-order valence-corrected chi connectivity index (χ2v) is 5.08. The standard InChI is InChI=1S/C11H13Cl2NO/c12-9-2-1-3-10(13)8(9)6-11(15)4-7(14)5-11/h1-3,7,15H,4-6,14H2. The van der Waals surface area contributed by atoms with Crippen LogP contribution < -0.4 is 5.73 Å². The molecule has 0 heterocycles. The first-order valence-corrected chi connectivity index (χ1v) is 5.67. The van der Waals surface area contributed by atoms with Gasteiger partial charge in [0.15, 0.2) is 0 Å². The van der Waals surface area contributed by atoms with Crippen molar-refractivity contribution in [2.45, 2.75) is 30.9 Å². The largest absolute Gasteiger partial charge is 0.389 e. The maximum Gasteiger partial charge on any atom is 0.0718 e. The predicted octanol–water partition coefficient (Wildman–Crippen LogP) is 2.39. The Labute approximate surface area is 99.0 Å². The molecule has 0 unspecified atom stereocenters. The van der Waals surface area contributed by atoms with E-state index < -0.39 is 5.60 Å². The van der Waals surface area contributed by atoms with E-state index in [2.05, 4.69) is 0 Å². The topological polar surface area (TPSA) is 46.2 Å². The normalized spacial score (nSPS) is 30.0. The van der Waals surface area contributed by atoms with Crippen LogP contribution in [0.1, 0.15) is 18.4 Å². The smallest absolute Gasteiger partial charge is 0.0718 e. The van der Waals surface area contributed by atoms with E-state index in [4.69, 9.17) is 28.9 Å². The fourth-order valence-electron chi connectivity index (χ4n) is 2.09. The lowest BCUT2D eigenvalue weighted by molar-refractivity contribution is -0.0454. The van der Waals surface area contributed by atoms with Crippen molar-refractivity contribution in [3.8, 4) is 0 Å². The number of benzene rings is 1. The van der Waals surface area contributed by atoms with E-state index in [1.807, 2.05) is 0 Å². The Hall–Kier alpha value is -0.280. The monoisotopic (exact) mass is 245 g/mol. The van der Waals surface area contributed by atoms with Crippen molar-refractivity contribution in [3.05, 3.63) is 33.8 Å². The average molecular weight is 246 g/mol. The number of nitrogens with two attached hydrogens (primary N) is 1. The summed E-state index contributed by atoms with van der Waals surface area (Å²) in [7, 11) is 0. The molecule has 1 aromatic carbocycles. The fourth-order valence-corrected chi connectivity index (χ4v) is 2.62. The van der Waals surface area contributed by atoms with Gasteiger partial charge in [-0.3, -0.25) is 0 Å². The number of halogens is 2. The molecule has 1 aliphatic rings. The zero-order valence-corrected chi connectivity index (χ0v) is 9.72. The number of hydrogen-bond acceptors (Lipinski definition) is 2. The molecule has 1 fully saturated rings. The third-order valence-corrected chi connectivity index (χ3v) is 3.56. The molecule has 0 saturated heterocycles. The van der Waals surface area contributed by atoms with Gasteiger partial charge < -0.3 is 10.8 Å². The Kier molecular flexibility index (Phi) is 2.95. The minimum atomic E-state index is -0.714. The molecule has 82 valence electrons. The third kappa shape index (κ3) is 2.28. The van der Waals surface area contributed by atoms with Gasteiger partial charge in [0.1, 0.15) is 0 Å². The molecular weight excluding hydrogens is 233 g/mol. The van der Waals surface area contributed by atoms with E-state index in [0.717, 1.165) is 5.56 Å². The second-order valence-electron chi connectivity index (χ2n) is 4.27. The first kappa shape index (κ1) is 11.2. The lowest BCUT2D eigenvalue weighted by atomic mass is 9.72. The highest BCUT2D eigenvalue weighted by atomic mass is 35.5. The average Bonchev–Trinajstić information content (AvgIpc) is 2.09. The Bertz CT molecular complexity index is 355. The lowest BCUT2D eigenvalue weighted by Crippen LogP contribution is -2.52. The predicted molar refractivity (Wildman–Crippen MR) is 62.3 cm³/mol. The highest BCUT2D eigenvalue weighted by molar-refractivity contribution is 6.36. The third-order valence-electron chi connectivity index (χ3n) is 2.85. The zero-order chi connectivity index (χ0) is 11.1. The van der Waals surface area contributed by atoms with Crippen molar-refractivity contribution in [3.63, 3.8) is 0 Å². The molecular formula is C11H13Cl2NO. The molecule has 2 rings (SSSR count). The number of aliphatic hydroxyl groups is 1. The molecule has 15 heavy (non-hydrogen) atoms. The summed E-state index contributed by atoms with van der Waals surface area (Å²) in [5, 5.41) is 11.3. The molecule has 0 aromatic heterocycles. The Morgan fingerprint density at radius 3 is 2.33 bits per heavy atom. The van der Waals surface area contributed by atoms with E-state index in [1.165, 1.54) is 0 Å². The highest BCUT2D eigenvalue weighted by Crippen LogP contribution is 2.37. The summed E-state index contributed by atoms with van der Waals surface area (Å²) in [4.78, 5) is 0. The molecule has 2 nitrogen and oxygen atoms in total. The van der Waals surface area contributed by atoms with Crippen LogP contribution in [0.15, 0.2) is 18.2 Å². The fraction of sp³-hybridized carbons (Fsp3) is 0.455. The maximum atomic E-state index is 10.1. The van der Waals surface area contributed by atoms with Gasteiger partial charge in [-0.1, -0.05) is 29.3 Å². The van der Waals surface area contributed by atoms with Crippen LogP contribution in [-0.4, -0.2) is 16.7 Å². The molecule has 0 atom stereocenters. The minimum Gasteiger partial charge on any atom is -0.389 e. The van der Waals surface area contributed by atoms with Crippen molar-refractivity contribution in [2.24, 2.45) is 5.73 Å². The van der Waals surface area contributed by atoms with Crippen LogP contribution in [0.2, 0.25) is 10.0 Å². The van der Waals surface area contributed by atoms with Crippen LogP contribution in [0.3, 0.4) is 0 Å². The summed E-state index contributed by atoms with van der Waals surface area (Å²) in [5.41, 5.74) is 5.76. The molecule has 1 aliphatic carbocycles. The lowest BCUT2D eigenvalue weighted by Gasteiger charge is -2.42. The molecule has 1 saturated carbocycles. The molecule has 0 spiro atoms. The van der Waals surface area contributed by atoms with Gasteiger partial charge in [-0.15, -0.1) is 0 Å². The first-order chi connectivity index (χ1) is 7.00. The van der Waals surface area contributed by atoms with Gasteiger partial charge in [0.2, 0.25) is 0 Å². The van der Waals surface area contributed by atoms with Gasteiger partial charge in [0.05, 0.1) is 5.60 Å². The van der Waals surface area contributed by atoms with Crippen LogP contribution >= 0.6 is 23.2 Å². The Morgan fingerprint density at radius 1 is 1.33 bits per heavy atom. The molecule has 4 heteroatoms. The molecule has 0 bridgehead atoms. The molecule has 0 amide bonds. The van der Waals surface area contributed by atoms with E-state index in [0.29, 0.717) is 29.3 Å². The van der Waals surface area contributed by atoms with Gasteiger partial charge in [-0.25, -0.2) is 0 Å². The molecule has 3 N–H and O–H groups in total. The van der Waals surface area contributed by atoms with Gasteiger partial charge in [0, 0.05) is 22.5 Å². The Morgan fingerprint density at radius 2 is 1.87 bits per heavy atom. The summed E-state index contributed by atoms with van der Waals surface area (Å²) in [5.74, 6) is 0. The SMILES string of the molecule is NC1CC(O)(Cc2c(Cl)cccc2Cl)C1. The summed E-state index contributed by atoms with van der Waals surface area (Å²) in [6.07, 6.45) is 1.72. The van der Waals surface area contributed by atoms with Crippen molar-refractivity contribution in [2.75, 3.05) is 0 Å². The van der Waals surface area contributed by atoms with Crippen molar-refractivity contribution >= 4 is 23.2 Å². The highest BCUT2D eigenvalue weighted by Gasteiger charge is 2.41. The van der Waals surface area contributed by atoms with Gasteiger partial charge >= 0.3 is 0 Å². The van der Waals surface area contributed by atoms with E-state index >= 15 is 0 Å². The zero-order valence-electron chi connectivity index (χ0n) is 8.21. The van der Waals surface area contributed by atoms with Crippen molar-refractivity contribution in [1.29, 1.82) is 0 Å². The Balaban J connectivity index is 2.18. The number of hydrogen-bond donors (Lipinski definition) is 2. The van der Waals surface area contributed by atoms with E-state index in [9.17, 15) is 5.11 Å². The first-order valence-electron chi connectivity index (χ1n) is 4.91. The molecule has 0 aliphatic heterocycles. The van der Waals surface area contributed by atoms with Gasteiger partial charge in [-0.2, -0.15) is 0 Å². The quantitative estimate of drug-likeness (QED) is 0.841. The molecule has 0 radical (unpaired) electrons. The van der Waals surface area contributed by atoms with Crippen LogP contribution in [0, 0.1) is 0 Å². The minimum absolute atomic E-state index is 0.108. The summed E-state index contributed by atoms with van der Waals surface area (Å²) in [6, 6.07) is 5.47. The summed E-state index contributed by atoms with van der Waals surface area (Å²) < 4.78 is 0. The van der Waals surface area contributed by atoms with Crippen LogP contribution in [0.5, 0.6) is 0 Å². The van der Waals surface area contributed by atoms with Gasteiger partial charge in [-0.05, 0) is 30.5 Å².